The number of para-hydroxylation sites is 1. The molecule has 0 N–H and O–H groups in total. The second-order valence-corrected chi connectivity index (χ2v) is 7.30. The van der Waals surface area contributed by atoms with Gasteiger partial charge < -0.3 is 9.80 Å². The fourth-order valence-corrected chi connectivity index (χ4v) is 3.69. The molecule has 0 aliphatic carbocycles. The molecule has 3 aromatic rings. The van der Waals surface area contributed by atoms with Gasteiger partial charge in [-0.1, -0.05) is 48.0 Å². The summed E-state index contributed by atoms with van der Waals surface area (Å²) in [6.07, 6.45) is 0. The summed E-state index contributed by atoms with van der Waals surface area (Å²) in [6.45, 7) is 2.68. The minimum Gasteiger partial charge on any atom is -0.368 e. The molecule has 29 heavy (non-hydrogen) atoms. The summed E-state index contributed by atoms with van der Waals surface area (Å²) in [5.74, 6) is -0.108. The summed E-state index contributed by atoms with van der Waals surface area (Å²) < 4.78 is 1.21. The molecule has 1 fully saturated rings. The van der Waals surface area contributed by atoms with Gasteiger partial charge in [-0.05, 0) is 24.3 Å². The first-order valence-corrected chi connectivity index (χ1v) is 9.90. The average molecular weight is 409 g/mol. The van der Waals surface area contributed by atoms with Crippen molar-refractivity contribution in [3.05, 3.63) is 82.1 Å². The highest BCUT2D eigenvalue weighted by atomic mass is 35.5. The minimum absolute atomic E-state index is 0.0809. The Morgan fingerprint density at radius 2 is 1.59 bits per heavy atom. The van der Waals surface area contributed by atoms with Crippen LogP contribution in [-0.4, -0.2) is 46.8 Å². The lowest BCUT2D eigenvalue weighted by atomic mass is 10.1. The standard InChI is InChI=1S/C22H21ClN4O2/c23-19-9-5-4-8-18(19)20-10-11-21(28)27(24-20)16-22(29)26-14-12-25(13-15-26)17-6-2-1-3-7-17/h1-11H,12-16H2. The number of carbonyl (C=O) groups is 1. The van der Waals surface area contributed by atoms with Gasteiger partial charge in [-0.2, -0.15) is 5.10 Å². The highest BCUT2D eigenvalue weighted by Gasteiger charge is 2.22. The van der Waals surface area contributed by atoms with Crippen LogP contribution in [0, 0.1) is 0 Å². The summed E-state index contributed by atoms with van der Waals surface area (Å²) in [5, 5.41) is 4.91. The molecule has 6 nitrogen and oxygen atoms in total. The first-order valence-electron chi connectivity index (χ1n) is 9.53. The van der Waals surface area contributed by atoms with Crippen LogP contribution in [0.5, 0.6) is 0 Å². The SMILES string of the molecule is O=C(Cn1nc(-c2ccccc2Cl)ccc1=O)N1CCN(c2ccccc2)CC1. The summed E-state index contributed by atoms with van der Waals surface area (Å²) in [5.41, 5.74) is 2.14. The number of halogens is 1. The first-order chi connectivity index (χ1) is 14.1. The Bertz CT molecular complexity index is 1060. The van der Waals surface area contributed by atoms with Crippen molar-refractivity contribution in [2.75, 3.05) is 31.1 Å². The molecule has 0 bridgehead atoms. The molecule has 0 atom stereocenters. The molecule has 4 rings (SSSR count). The lowest BCUT2D eigenvalue weighted by Crippen LogP contribution is -2.50. The molecule has 1 aromatic heterocycles. The summed E-state index contributed by atoms with van der Waals surface area (Å²) >= 11 is 6.24. The molecule has 0 spiro atoms. The van der Waals surface area contributed by atoms with Gasteiger partial charge in [-0.15, -0.1) is 0 Å². The van der Waals surface area contributed by atoms with E-state index in [4.69, 9.17) is 11.6 Å². The minimum atomic E-state index is -0.308. The van der Waals surface area contributed by atoms with Crippen molar-refractivity contribution in [1.29, 1.82) is 0 Å². The van der Waals surface area contributed by atoms with Crippen LogP contribution in [-0.2, 0) is 11.3 Å². The zero-order valence-electron chi connectivity index (χ0n) is 15.9. The summed E-state index contributed by atoms with van der Waals surface area (Å²) in [6, 6.07) is 20.5. The quantitative estimate of drug-likeness (QED) is 0.666. The largest absolute Gasteiger partial charge is 0.368 e. The van der Waals surface area contributed by atoms with Crippen LogP contribution in [0.4, 0.5) is 5.69 Å². The van der Waals surface area contributed by atoms with Gasteiger partial charge in [0, 0.05) is 43.5 Å². The smallest absolute Gasteiger partial charge is 0.267 e. The number of hydrogen-bond acceptors (Lipinski definition) is 4. The van der Waals surface area contributed by atoms with Crippen LogP contribution >= 0.6 is 11.6 Å². The fraction of sp³-hybridized carbons (Fsp3) is 0.227. The molecule has 1 saturated heterocycles. The lowest BCUT2D eigenvalue weighted by Gasteiger charge is -2.36. The van der Waals surface area contributed by atoms with Crippen LogP contribution < -0.4 is 10.5 Å². The maximum Gasteiger partial charge on any atom is 0.267 e. The van der Waals surface area contributed by atoms with E-state index in [9.17, 15) is 9.59 Å². The summed E-state index contributed by atoms with van der Waals surface area (Å²) in [7, 11) is 0. The average Bonchev–Trinajstić information content (AvgIpc) is 2.76. The van der Waals surface area contributed by atoms with Crippen LogP contribution in [0.2, 0.25) is 5.02 Å². The Morgan fingerprint density at radius 1 is 0.897 bits per heavy atom. The number of rotatable bonds is 4. The Morgan fingerprint density at radius 3 is 2.31 bits per heavy atom. The molecule has 2 aromatic carbocycles. The molecule has 148 valence electrons. The molecule has 2 heterocycles. The third kappa shape index (κ3) is 4.32. The fourth-order valence-electron chi connectivity index (χ4n) is 3.46. The molecular formula is C22H21ClN4O2. The number of aromatic nitrogens is 2. The molecule has 0 saturated carbocycles. The van der Waals surface area contributed by atoms with Gasteiger partial charge in [0.25, 0.3) is 5.56 Å². The maximum atomic E-state index is 12.8. The second kappa shape index (κ2) is 8.49. The van der Waals surface area contributed by atoms with Crippen LogP contribution in [0.15, 0.2) is 71.5 Å². The van der Waals surface area contributed by atoms with E-state index in [-0.39, 0.29) is 18.0 Å². The number of carbonyl (C=O) groups excluding carboxylic acids is 1. The van der Waals surface area contributed by atoms with Gasteiger partial charge in [0.15, 0.2) is 0 Å². The van der Waals surface area contributed by atoms with E-state index >= 15 is 0 Å². The van der Waals surface area contributed by atoms with E-state index < -0.39 is 0 Å². The van der Waals surface area contributed by atoms with Crippen LogP contribution in [0.3, 0.4) is 0 Å². The number of amides is 1. The normalized spacial score (nSPS) is 14.1. The predicted molar refractivity (Wildman–Crippen MR) is 114 cm³/mol. The molecule has 1 aliphatic heterocycles. The third-order valence-corrected chi connectivity index (χ3v) is 5.38. The highest BCUT2D eigenvalue weighted by Crippen LogP contribution is 2.24. The first kappa shape index (κ1) is 19.2. The van der Waals surface area contributed by atoms with Crippen molar-refractivity contribution >= 4 is 23.2 Å². The molecule has 1 aliphatic rings. The Balaban J connectivity index is 1.44. The van der Waals surface area contributed by atoms with Crippen LogP contribution in [0.25, 0.3) is 11.3 Å². The van der Waals surface area contributed by atoms with Gasteiger partial charge in [0.05, 0.1) is 10.7 Å². The van der Waals surface area contributed by atoms with E-state index in [2.05, 4.69) is 22.1 Å². The van der Waals surface area contributed by atoms with E-state index in [0.717, 1.165) is 24.3 Å². The van der Waals surface area contributed by atoms with Gasteiger partial charge in [-0.25, -0.2) is 4.68 Å². The predicted octanol–water partition coefficient (Wildman–Crippen LogP) is 2.91. The molecule has 7 heteroatoms. The zero-order chi connectivity index (χ0) is 20.2. The van der Waals surface area contributed by atoms with E-state index in [1.807, 2.05) is 36.4 Å². The Kier molecular flexibility index (Phi) is 5.62. The number of piperazine rings is 1. The lowest BCUT2D eigenvalue weighted by molar-refractivity contribution is -0.132. The van der Waals surface area contributed by atoms with Gasteiger partial charge in [-0.3, -0.25) is 9.59 Å². The van der Waals surface area contributed by atoms with Crippen LogP contribution in [0.1, 0.15) is 0 Å². The van der Waals surface area contributed by atoms with Crippen molar-refractivity contribution in [3.63, 3.8) is 0 Å². The molecule has 1 amide bonds. The number of anilines is 1. The topological polar surface area (TPSA) is 58.4 Å². The molecule has 0 radical (unpaired) electrons. The maximum absolute atomic E-state index is 12.8. The van der Waals surface area contributed by atoms with Gasteiger partial charge >= 0.3 is 0 Å². The second-order valence-electron chi connectivity index (χ2n) is 6.90. The third-order valence-electron chi connectivity index (χ3n) is 5.06. The Hall–Kier alpha value is -3.12. The Labute approximate surface area is 173 Å². The number of nitrogens with zero attached hydrogens (tertiary/aromatic N) is 4. The van der Waals surface area contributed by atoms with Crippen molar-refractivity contribution in [1.82, 2.24) is 14.7 Å². The van der Waals surface area contributed by atoms with Crippen molar-refractivity contribution < 1.29 is 4.79 Å². The van der Waals surface area contributed by atoms with Gasteiger partial charge in [0.1, 0.15) is 6.54 Å². The monoisotopic (exact) mass is 408 g/mol. The van der Waals surface area contributed by atoms with Gasteiger partial charge in [0.2, 0.25) is 5.91 Å². The van der Waals surface area contributed by atoms with E-state index in [1.165, 1.54) is 10.7 Å². The zero-order valence-corrected chi connectivity index (χ0v) is 16.6. The molecular weight excluding hydrogens is 388 g/mol. The summed E-state index contributed by atoms with van der Waals surface area (Å²) in [4.78, 5) is 29.0. The van der Waals surface area contributed by atoms with E-state index in [0.29, 0.717) is 23.8 Å². The van der Waals surface area contributed by atoms with Crippen molar-refractivity contribution in [2.45, 2.75) is 6.54 Å². The number of hydrogen-bond donors (Lipinski definition) is 0. The van der Waals surface area contributed by atoms with Crippen molar-refractivity contribution in [3.8, 4) is 11.3 Å². The van der Waals surface area contributed by atoms with Crippen molar-refractivity contribution in [2.24, 2.45) is 0 Å². The highest BCUT2D eigenvalue weighted by molar-refractivity contribution is 6.33. The van der Waals surface area contributed by atoms with E-state index in [1.54, 1.807) is 17.0 Å². The number of benzene rings is 2. The molecule has 0 unspecified atom stereocenters.